The highest BCUT2D eigenvalue weighted by Gasteiger charge is 2.33. The molecule has 30 heavy (non-hydrogen) atoms. The van der Waals surface area contributed by atoms with Crippen LogP contribution >= 0.6 is 11.3 Å². The van der Waals surface area contributed by atoms with Gasteiger partial charge in [0.15, 0.2) is 11.5 Å². The number of anilines is 1. The standard InChI is InChI=1S/C23H23NO5S/c1-26-14-7-5-13(6-8-14)17-12-30-23-16(11-19(25)24-20(17)23)15-9-10-18(27-2)22(29-4)21(15)28-3/h5-10,12,16H,11H2,1-4H3,(H,24,25)/t16-/m1/s1. The number of fused-ring (bicyclic) bond motifs is 1. The van der Waals surface area contributed by atoms with Crippen molar-refractivity contribution in [3.05, 3.63) is 52.2 Å². The number of thiophene rings is 1. The Hall–Kier alpha value is -3.19. The van der Waals surface area contributed by atoms with Gasteiger partial charge < -0.3 is 24.3 Å². The molecule has 1 aromatic heterocycles. The van der Waals surface area contributed by atoms with Crippen LogP contribution in [-0.2, 0) is 4.79 Å². The molecule has 2 aromatic carbocycles. The molecular formula is C23H23NO5S. The van der Waals surface area contributed by atoms with E-state index >= 15 is 0 Å². The molecule has 1 N–H and O–H groups in total. The van der Waals surface area contributed by atoms with Crippen molar-refractivity contribution in [3.63, 3.8) is 0 Å². The van der Waals surface area contributed by atoms with Crippen molar-refractivity contribution >= 4 is 22.9 Å². The lowest BCUT2D eigenvalue weighted by Crippen LogP contribution is -2.23. The van der Waals surface area contributed by atoms with E-state index in [0.717, 1.165) is 33.0 Å². The second kappa shape index (κ2) is 8.28. The van der Waals surface area contributed by atoms with Crippen molar-refractivity contribution in [1.82, 2.24) is 0 Å². The second-order valence-electron chi connectivity index (χ2n) is 6.85. The van der Waals surface area contributed by atoms with E-state index in [0.29, 0.717) is 23.7 Å². The predicted octanol–water partition coefficient (Wildman–Crippen LogP) is 4.92. The monoisotopic (exact) mass is 425 g/mol. The van der Waals surface area contributed by atoms with Gasteiger partial charge in [0, 0.05) is 33.7 Å². The first-order valence-electron chi connectivity index (χ1n) is 9.45. The van der Waals surface area contributed by atoms with Crippen molar-refractivity contribution in [3.8, 4) is 34.1 Å². The lowest BCUT2D eigenvalue weighted by atomic mass is 9.88. The van der Waals surface area contributed by atoms with Gasteiger partial charge in [-0.25, -0.2) is 0 Å². The Kier molecular flexibility index (Phi) is 5.55. The summed E-state index contributed by atoms with van der Waals surface area (Å²) < 4.78 is 21.9. The minimum atomic E-state index is -0.138. The molecule has 6 nitrogen and oxygen atoms in total. The number of rotatable bonds is 6. The quantitative estimate of drug-likeness (QED) is 0.607. The summed E-state index contributed by atoms with van der Waals surface area (Å²) in [6.07, 6.45) is 0.335. The first kappa shape index (κ1) is 20.1. The summed E-state index contributed by atoms with van der Waals surface area (Å²) >= 11 is 1.63. The number of benzene rings is 2. The summed E-state index contributed by atoms with van der Waals surface area (Å²) in [5.41, 5.74) is 3.77. The summed E-state index contributed by atoms with van der Waals surface area (Å²) in [5, 5.41) is 5.15. The number of hydrogen-bond acceptors (Lipinski definition) is 6. The number of amides is 1. The molecule has 1 aliphatic heterocycles. The van der Waals surface area contributed by atoms with Crippen LogP contribution in [0, 0.1) is 0 Å². The normalized spacial score (nSPS) is 15.2. The molecule has 0 fully saturated rings. The van der Waals surface area contributed by atoms with Crippen molar-refractivity contribution in [2.24, 2.45) is 0 Å². The third-order valence-corrected chi connectivity index (χ3v) is 6.40. The highest BCUT2D eigenvalue weighted by molar-refractivity contribution is 7.11. The summed E-state index contributed by atoms with van der Waals surface area (Å²) in [7, 11) is 6.41. The van der Waals surface area contributed by atoms with Gasteiger partial charge in [-0.1, -0.05) is 18.2 Å². The molecular weight excluding hydrogens is 402 g/mol. The van der Waals surface area contributed by atoms with Gasteiger partial charge in [0.1, 0.15) is 5.75 Å². The molecule has 2 heterocycles. The number of carbonyl (C=O) groups excluding carboxylic acids is 1. The van der Waals surface area contributed by atoms with Gasteiger partial charge in [0.2, 0.25) is 11.7 Å². The third-order valence-electron chi connectivity index (χ3n) is 5.30. The van der Waals surface area contributed by atoms with E-state index in [1.807, 2.05) is 36.4 Å². The van der Waals surface area contributed by atoms with Crippen LogP contribution in [0.3, 0.4) is 0 Å². The van der Waals surface area contributed by atoms with Crippen LogP contribution in [0.15, 0.2) is 41.8 Å². The van der Waals surface area contributed by atoms with Gasteiger partial charge in [-0.3, -0.25) is 4.79 Å². The fraction of sp³-hybridized carbons (Fsp3) is 0.261. The number of methoxy groups -OCH3 is 4. The lowest BCUT2D eigenvalue weighted by Gasteiger charge is -2.26. The fourth-order valence-electron chi connectivity index (χ4n) is 3.86. The summed E-state index contributed by atoms with van der Waals surface area (Å²) in [5.74, 6) is 2.32. The Balaban J connectivity index is 1.82. The topological polar surface area (TPSA) is 66.0 Å². The Morgan fingerprint density at radius 3 is 2.27 bits per heavy atom. The zero-order valence-electron chi connectivity index (χ0n) is 17.3. The van der Waals surface area contributed by atoms with Crippen molar-refractivity contribution in [2.45, 2.75) is 12.3 Å². The maximum atomic E-state index is 12.6. The van der Waals surface area contributed by atoms with E-state index in [1.165, 1.54) is 0 Å². The van der Waals surface area contributed by atoms with Gasteiger partial charge >= 0.3 is 0 Å². The molecule has 3 aromatic rings. The zero-order valence-corrected chi connectivity index (χ0v) is 18.1. The highest BCUT2D eigenvalue weighted by Crippen LogP contribution is 2.51. The van der Waals surface area contributed by atoms with Crippen LogP contribution < -0.4 is 24.3 Å². The van der Waals surface area contributed by atoms with Crippen LogP contribution in [0.2, 0.25) is 0 Å². The number of carbonyl (C=O) groups is 1. The maximum absolute atomic E-state index is 12.6. The van der Waals surface area contributed by atoms with E-state index in [9.17, 15) is 4.79 Å². The van der Waals surface area contributed by atoms with Gasteiger partial charge in [-0.05, 0) is 23.8 Å². The second-order valence-corrected chi connectivity index (χ2v) is 7.76. The lowest BCUT2D eigenvalue weighted by molar-refractivity contribution is -0.116. The molecule has 7 heteroatoms. The molecule has 0 saturated heterocycles. The van der Waals surface area contributed by atoms with E-state index in [4.69, 9.17) is 18.9 Å². The minimum absolute atomic E-state index is 0.0301. The Labute approximate surface area is 179 Å². The third kappa shape index (κ3) is 3.35. The maximum Gasteiger partial charge on any atom is 0.225 e. The summed E-state index contributed by atoms with van der Waals surface area (Å²) in [6.45, 7) is 0. The molecule has 0 aliphatic carbocycles. The Bertz CT molecular complexity index is 1070. The number of ether oxygens (including phenoxy) is 4. The molecule has 1 atom stereocenters. The highest BCUT2D eigenvalue weighted by atomic mass is 32.1. The van der Waals surface area contributed by atoms with Gasteiger partial charge in [0.05, 0.1) is 34.1 Å². The zero-order chi connectivity index (χ0) is 21.3. The molecule has 0 saturated carbocycles. The Morgan fingerprint density at radius 2 is 1.63 bits per heavy atom. The molecule has 0 radical (unpaired) electrons. The van der Waals surface area contributed by atoms with Crippen molar-refractivity contribution in [1.29, 1.82) is 0 Å². The van der Waals surface area contributed by atoms with Crippen molar-refractivity contribution < 1.29 is 23.7 Å². The van der Waals surface area contributed by atoms with Gasteiger partial charge in [0.25, 0.3) is 0 Å². The van der Waals surface area contributed by atoms with E-state index in [2.05, 4.69) is 10.7 Å². The smallest absolute Gasteiger partial charge is 0.225 e. The van der Waals surface area contributed by atoms with Crippen LogP contribution in [0.4, 0.5) is 5.69 Å². The minimum Gasteiger partial charge on any atom is -0.497 e. The van der Waals surface area contributed by atoms with Crippen LogP contribution in [0.25, 0.3) is 11.1 Å². The van der Waals surface area contributed by atoms with E-state index < -0.39 is 0 Å². The fourth-order valence-corrected chi connectivity index (χ4v) is 5.01. The van der Waals surface area contributed by atoms with Gasteiger partial charge in [-0.2, -0.15) is 0 Å². The van der Waals surface area contributed by atoms with Crippen LogP contribution in [0.5, 0.6) is 23.0 Å². The molecule has 0 bridgehead atoms. The average Bonchev–Trinajstić information content (AvgIpc) is 3.21. The molecule has 0 unspecified atom stereocenters. The summed E-state index contributed by atoms with van der Waals surface area (Å²) in [4.78, 5) is 13.7. The first-order chi connectivity index (χ1) is 14.6. The van der Waals surface area contributed by atoms with Crippen LogP contribution in [0.1, 0.15) is 22.8 Å². The number of nitrogens with one attached hydrogen (secondary N) is 1. The SMILES string of the molecule is COc1ccc(-c2csc3c2NC(=O)C[C@@H]3c2ccc(OC)c(OC)c2OC)cc1. The van der Waals surface area contributed by atoms with Crippen LogP contribution in [-0.4, -0.2) is 34.3 Å². The Morgan fingerprint density at radius 1 is 0.900 bits per heavy atom. The predicted molar refractivity (Wildman–Crippen MR) is 117 cm³/mol. The summed E-state index contributed by atoms with van der Waals surface area (Å²) in [6, 6.07) is 11.6. The molecule has 1 amide bonds. The molecule has 156 valence electrons. The molecule has 0 spiro atoms. The first-order valence-corrected chi connectivity index (χ1v) is 10.3. The average molecular weight is 426 g/mol. The van der Waals surface area contributed by atoms with Gasteiger partial charge in [-0.15, -0.1) is 11.3 Å². The molecule has 4 rings (SSSR count). The largest absolute Gasteiger partial charge is 0.497 e. The number of hydrogen-bond donors (Lipinski definition) is 1. The van der Waals surface area contributed by atoms with E-state index in [-0.39, 0.29) is 11.8 Å². The van der Waals surface area contributed by atoms with E-state index in [1.54, 1.807) is 39.8 Å². The van der Waals surface area contributed by atoms with Crippen molar-refractivity contribution in [2.75, 3.05) is 33.8 Å². The molecule has 1 aliphatic rings.